The third-order valence-electron chi connectivity index (χ3n) is 4.07. The molecule has 2 rings (SSSR count). The maximum Gasteiger partial charge on any atom is 0.163 e. The standard InChI is InChI=1S/C15H23NO2/c1-3-11-7-8-12(18-2)14(17)13(11)15(16)9-5-4-6-10-15/h7-8,17H,3-6,9-10,16H2,1-2H3. The molecule has 1 fully saturated rings. The van der Waals surface area contributed by atoms with Crippen LogP contribution in [0.3, 0.4) is 0 Å². The lowest BCUT2D eigenvalue weighted by Gasteiger charge is -2.36. The topological polar surface area (TPSA) is 55.5 Å². The number of phenols is 1. The van der Waals surface area contributed by atoms with Crippen molar-refractivity contribution in [3.8, 4) is 11.5 Å². The number of phenolic OH excluding ortho intramolecular Hbond substituents is 1. The Bertz CT molecular complexity index is 423. The van der Waals surface area contributed by atoms with E-state index < -0.39 is 0 Å². The van der Waals surface area contributed by atoms with Gasteiger partial charge in [0.05, 0.1) is 7.11 Å². The summed E-state index contributed by atoms with van der Waals surface area (Å²) in [4.78, 5) is 0. The molecule has 100 valence electrons. The Balaban J connectivity index is 2.52. The van der Waals surface area contributed by atoms with Crippen LogP contribution < -0.4 is 10.5 Å². The molecule has 1 aliphatic carbocycles. The minimum absolute atomic E-state index is 0.237. The molecular formula is C15H23NO2. The van der Waals surface area contributed by atoms with Gasteiger partial charge in [0.2, 0.25) is 0 Å². The van der Waals surface area contributed by atoms with Gasteiger partial charge in [-0.1, -0.05) is 32.3 Å². The van der Waals surface area contributed by atoms with Gasteiger partial charge in [-0.05, 0) is 30.9 Å². The molecule has 0 amide bonds. The minimum Gasteiger partial charge on any atom is -0.504 e. The number of hydrogen-bond acceptors (Lipinski definition) is 3. The second-order valence-corrected chi connectivity index (χ2v) is 5.22. The highest BCUT2D eigenvalue weighted by molar-refractivity contribution is 5.53. The first kappa shape index (κ1) is 13.2. The lowest BCUT2D eigenvalue weighted by atomic mass is 9.75. The highest BCUT2D eigenvalue weighted by Crippen LogP contribution is 2.44. The molecule has 3 N–H and O–H groups in total. The van der Waals surface area contributed by atoms with Crippen LogP contribution in [-0.2, 0) is 12.0 Å². The maximum atomic E-state index is 10.4. The zero-order valence-electron chi connectivity index (χ0n) is 11.3. The van der Waals surface area contributed by atoms with E-state index in [9.17, 15) is 5.11 Å². The zero-order valence-corrected chi connectivity index (χ0v) is 11.3. The lowest BCUT2D eigenvalue weighted by molar-refractivity contribution is 0.284. The van der Waals surface area contributed by atoms with Gasteiger partial charge in [0.25, 0.3) is 0 Å². The summed E-state index contributed by atoms with van der Waals surface area (Å²) in [7, 11) is 1.58. The molecule has 0 atom stereocenters. The van der Waals surface area contributed by atoms with E-state index in [0.29, 0.717) is 5.75 Å². The van der Waals surface area contributed by atoms with Crippen molar-refractivity contribution in [2.45, 2.75) is 51.0 Å². The minimum atomic E-state index is -0.387. The largest absolute Gasteiger partial charge is 0.504 e. The number of hydrogen-bond donors (Lipinski definition) is 2. The summed E-state index contributed by atoms with van der Waals surface area (Å²) in [6, 6.07) is 3.85. The van der Waals surface area contributed by atoms with Gasteiger partial charge in [0.1, 0.15) is 0 Å². The van der Waals surface area contributed by atoms with Crippen LogP contribution >= 0.6 is 0 Å². The van der Waals surface area contributed by atoms with Gasteiger partial charge in [-0.25, -0.2) is 0 Å². The number of methoxy groups -OCH3 is 1. The molecule has 0 radical (unpaired) electrons. The van der Waals surface area contributed by atoms with Crippen LogP contribution in [0.1, 0.15) is 50.2 Å². The molecule has 0 aromatic heterocycles. The van der Waals surface area contributed by atoms with Crippen molar-refractivity contribution < 1.29 is 9.84 Å². The summed E-state index contributed by atoms with van der Waals surface area (Å²) in [5.41, 5.74) is 8.22. The highest BCUT2D eigenvalue weighted by Gasteiger charge is 2.34. The van der Waals surface area contributed by atoms with E-state index in [1.54, 1.807) is 7.11 Å². The van der Waals surface area contributed by atoms with Crippen LogP contribution in [0.15, 0.2) is 12.1 Å². The van der Waals surface area contributed by atoms with Crippen LogP contribution in [0.25, 0.3) is 0 Å². The Hall–Kier alpha value is -1.22. The van der Waals surface area contributed by atoms with Crippen LogP contribution in [0.4, 0.5) is 0 Å². The van der Waals surface area contributed by atoms with Crippen LogP contribution in [-0.4, -0.2) is 12.2 Å². The first-order valence-electron chi connectivity index (χ1n) is 6.80. The van der Waals surface area contributed by atoms with Gasteiger partial charge in [-0.3, -0.25) is 0 Å². The van der Waals surface area contributed by atoms with E-state index in [1.807, 2.05) is 12.1 Å². The van der Waals surface area contributed by atoms with Crippen molar-refractivity contribution in [3.63, 3.8) is 0 Å². The SMILES string of the molecule is CCc1ccc(OC)c(O)c1C1(N)CCCCC1. The van der Waals surface area contributed by atoms with Gasteiger partial charge >= 0.3 is 0 Å². The van der Waals surface area contributed by atoms with Crippen molar-refractivity contribution in [2.75, 3.05) is 7.11 Å². The molecule has 0 unspecified atom stereocenters. The predicted molar refractivity (Wildman–Crippen MR) is 73.0 cm³/mol. The lowest BCUT2D eigenvalue weighted by Crippen LogP contribution is -2.39. The third-order valence-corrected chi connectivity index (χ3v) is 4.07. The van der Waals surface area contributed by atoms with Gasteiger partial charge in [0.15, 0.2) is 11.5 Å². The molecular weight excluding hydrogens is 226 g/mol. The van der Waals surface area contributed by atoms with E-state index in [-0.39, 0.29) is 11.3 Å². The second-order valence-electron chi connectivity index (χ2n) is 5.22. The average Bonchev–Trinajstić information content (AvgIpc) is 2.38. The molecule has 1 saturated carbocycles. The first-order valence-corrected chi connectivity index (χ1v) is 6.80. The van der Waals surface area contributed by atoms with Crippen molar-refractivity contribution in [1.82, 2.24) is 0 Å². The van der Waals surface area contributed by atoms with Crippen molar-refractivity contribution in [3.05, 3.63) is 23.3 Å². The van der Waals surface area contributed by atoms with E-state index in [1.165, 1.54) is 6.42 Å². The summed E-state index contributed by atoms with van der Waals surface area (Å²) in [5.74, 6) is 0.763. The molecule has 3 nitrogen and oxygen atoms in total. The molecule has 0 spiro atoms. The van der Waals surface area contributed by atoms with Gasteiger partial charge in [-0.2, -0.15) is 0 Å². The molecule has 1 aromatic carbocycles. The van der Waals surface area contributed by atoms with Crippen LogP contribution in [0.5, 0.6) is 11.5 Å². The molecule has 1 aromatic rings. The number of rotatable bonds is 3. The van der Waals surface area contributed by atoms with Crippen molar-refractivity contribution >= 4 is 0 Å². The van der Waals surface area contributed by atoms with E-state index in [4.69, 9.17) is 10.5 Å². The highest BCUT2D eigenvalue weighted by atomic mass is 16.5. The molecule has 18 heavy (non-hydrogen) atoms. The third kappa shape index (κ3) is 2.19. The number of aryl methyl sites for hydroxylation is 1. The Kier molecular flexibility index (Phi) is 3.81. The van der Waals surface area contributed by atoms with Crippen molar-refractivity contribution in [2.24, 2.45) is 5.73 Å². The molecule has 0 saturated heterocycles. The van der Waals surface area contributed by atoms with Crippen molar-refractivity contribution in [1.29, 1.82) is 0 Å². The number of aromatic hydroxyl groups is 1. The predicted octanol–water partition coefficient (Wildman–Crippen LogP) is 3.08. The van der Waals surface area contributed by atoms with E-state index >= 15 is 0 Å². The van der Waals surface area contributed by atoms with Crippen LogP contribution in [0.2, 0.25) is 0 Å². The number of ether oxygens (including phenoxy) is 1. The quantitative estimate of drug-likeness (QED) is 0.865. The summed E-state index contributed by atoms with van der Waals surface area (Å²) in [6.45, 7) is 2.09. The Morgan fingerprint density at radius 3 is 2.50 bits per heavy atom. The number of nitrogens with two attached hydrogens (primary N) is 1. The Morgan fingerprint density at radius 2 is 1.94 bits per heavy atom. The molecule has 0 bridgehead atoms. The van der Waals surface area contributed by atoms with Gasteiger partial charge in [0, 0.05) is 11.1 Å². The molecule has 0 heterocycles. The second kappa shape index (κ2) is 5.19. The Labute approximate surface area is 109 Å². The molecule has 0 aliphatic heterocycles. The van der Waals surface area contributed by atoms with Crippen LogP contribution in [0, 0.1) is 0 Å². The molecule has 1 aliphatic rings. The van der Waals surface area contributed by atoms with Gasteiger partial charge in [-0.15, -0.1) is 0 Å². The normalized spacial score (nSPS) is 18.6. The first-order chi connectivity index (χ1) is 8.62. The van der Waals surface area contributed by atoms with E-state index in [2.05, 4.69) is 6.92 Å². The summed E-state index contributed by atoms with van der Waals surface area (Å²) in [6.07, 6.45) is 6.28. The summed E-state index contributed by atoms with van der Waals surface area (Å²) in [5, 5.41) is 10.4. The van der Waals surface area contributed by atoms with E-state index in [0.717, 1.165) is 43.2 Å². The smallest absolute Gasteiger partial charge is 0.163 e. The zero-order chi connectivity index (χ0) is 13.2. The Morgan fingerprint density at radius 1 is 1.28 bits per heavy atom. The monoisotopic (exact) mass is 249 g/mol. The summed E-state index contributed by atoms with van der Waals surface area (Å²) < 4.78 is 5.22. The fraction of sp³-hybridized carbons (Fsp3) is 0.600. The molecule has 3 heteroatoms. The maximum absolute atomic E-state index is 10.4. The fourth-order valence-electron chi connectivity index (χ4n) is 3.06. The fourth-order valence-corrected chi connectivity index (χ4v) is 3.06. The number of benzene rings is 1. The average molecular weight is 249 g/mol. The van der Waals surface area contributed by atoms with Gasteiger partial charge < -0.3 is 15.6 Å². The summed E-state index contributed by atoms with van der Waals surface area (Å²) >= 11 is 0.